The van der Waals surface area contributed by atoms with Gasteiger partial charge in [-0.1, -0.05) is 0 Å². The van der Waals surface area contributed by atoms with E-state index < -0.39 is 0 Å². The Balaban J connectivity index is 1.63. The standard InChI is InChI=1S/C16H18N4O2/c1-12-5-6-13(2)20(12)14-8-18-19(10-14)11-16(21)17-9-15-4-3-7-22-15/h3-8,10H,9,11H2,1-2H3,(H,17,21). The first-order valence-corrected chi connectivity index (χ1v) is 7.10. The summed E-state index contributed by atoms with van der Waals surface area (Å²) in [5, 5.41) is 7.05. The van der Waals surface area contributed by atoms with E-state index in [0.29, 0.717) is 6.54 Å². The van der Waals surface area contributed by atoms with Crippen molar-refractivity contribution in [1.82, 2.24) is 19.7 Å². The third-order valence-corrected chi connectivity index (χ3v) is 3.49. The van der Waals surface area contributed by atoms with E-state index in [9.17, 15) is 4.79 Å². The zero-order valence-electron chi connectivity index (χ0n) is 12.6. The van der Waals surface area contributed by atoms with Gasteiger partial charge >= 0.3 is 0 Å². The summed E-state index contributed by atoms with van der Waals surface area (Å²) in [5.41, 5.74) is 3.23. The van der Waals surface area contributed by atoms with E-state index >= 15 is 0 Å². The molecule has 0 aliphatic carbocycles. The number of aromatic nitrogens is 3. The molecule has 6 heteroatoms. The summed E-state index contributed by atoms with van der Waals surface area (Å²) in [5.74, 6) is 0.625. The molecule has 0 saturated heterocycles. The SMILES string of the molecule is Cc1ccc(C)n1-c1cnn(CC(=O)NCc2ccco2)c1. The van der Waals surface area contributed by atoms with Crippen LogP contribution in [0.4, 0.5) is 0 Å². The molecule has 0 fully saturated rings. The number of rotatable bonds is 5. The second kappa shape index (κ2) is 5.93. The molecule has 0 spiro atoms. The van der Waals surface area contributed by atoms with Crippen LogP contribution in [0.2, 0.25) is 0 Å². The summed E-state index contributed by atoms with van der Waals surface area (Å²) < 4.78 is 8.91. The molecule has 0 radical (unpaired) electrons. The third kappa shape index (κ3) is 2.95. The second-order valence-electron chi connectivity index (χ2n) is 5.20. The number of nitrogens with one attached hydrogen (secondary N) is 1. The van der Waals surface area contributed by atoms with Gasteiger partial charge in [0.2, 0.25) is 5.91 Å². The largest absolute Gasteiger partial charge is 0.467 e. The number of nitrogens with zero attached hydrogens (tertiary/aromatic N) is 3. The molecule has 22 heavy (non-hydrogen) atoms. The lowest BCUT2D eigenvalue weighted by Gasteiger charge is -2.05. The lowest BCUT2D eigenvalue weighted by molar-refractivity contribution is -0.122. The van der Waals surface area contributed by atoms with Gasteiger partial charge in [-0.3, -0.25) is 9.48 Å². The number of furan rings is 1. The highest BCUT2D eigenvalue weighted by molar-refractivity contribution is 5.75. The minimum atomic E-state index is -0.105. The van der Waals surface area contributed by atoms with Gasteiger partial charge in [-0.2, -0.15) is 5.10 Å². The van der Waals surface area contributed by atoms with Crippen LogP contribution >= 0.6 is 0 Å². The lowest BCUT2D eigenvalue weighted by atomic mass is 10.4. The Hall–Kier alpha value is -2.76. The van der Waals surface area contributed by atoms with Gasteiger partial charge in [-0.25, -0.2) is 0 Å². The third-order valence-electron chi connectivity index (χ3n) is 3.49. The van der Waals surface area contributed by atoms with Gasteiger partial charge < -0.3 is 14.3 Å². The second-order valence-corrected chi connectivity index (χ2v) is 5.20. The van der Waals surface area contributed by atoms with Gasteiger partial charge in [-0.05, 0) is 38.1 Å². The van der Waals surface area contributed by atoms with Crippen LogP contribution in [0.15, 0.2) is 47.3 Å². The van der Waals surface area contributed by atoms with Gasteiger partial charge in [0.15, 0.2) is 0 Å². The van der Waals surface area contributed by atoms with Crippen molar-refractivity contribution in [2.75, 3.05) is 0 Å². The quantitative estimate of drug-likeness (QED) is 0.785. The number of hydrogen-bond donors (Lipinski definition) is 1. The highest BCUT2D eigenvalue weighted by Gasteiger charge is 2.09. The summed E-state index contributed by atoms with van der Waals surface area (Å²) in [6.45, 7) is 4.65. The molecule has 3 aromatic heterocycles. The predicted octanol–water partition coefficient (Wildman–Crippen LogP) is 2.20. The van der Waals surface area contributed by atoms with E-state index in [0.717, 1.165) is 22.8 Å². The van der Waals surface area contributed by atoms with Gasteiger partial charge in [0.05, 0.1) is 24.7 Å². The van der Waals surface area contributed by atoms with E-state index in [1.54, 1.807) is 23.2 Å². The topological polar surface area (TPSA) is 65.0 Å². The molecule has 1 amide bonds. The van der Waals surface area contributed by atoms with Crippen molar-refractivity contribution in [1.29, 1.82) is 0 Å². The fourth-order valence-electron chi connectivity index (χ4n) is 2.43. The summed E-state index contributed by atoms with van der Waals surface area (Å²) in [7, 11) is 0. The monoisotopic (exact) mass is 298 g/mol. The molecule has 3 rings (SSSR count). The molecule has 0 saturated carbocycles. The summed E-state index contributed by atoms with van der Waals surface area (Å²) in [6, 6.07) is 7.73. The molecule has 1 N–H and O–H groups in total. The highest BCUT2D eigenvalue weighted by Crippen LogP contribution is 2.15. The molecule has 114 valence electrons. The lowest BCUT2D eigenvalue weighted by Crippen LogP contribution is -2.27. The summed E-state index contributed by atoms with van der Waals surface area (Å²) in [6.07, 6.45) is 5.22. The van der Waals surface area contributed by atoms with Crippen LogP contribution in [-0.4, -0.2) is 20.3 Å². The van der Waals surface area contributed by atoms with Crippen LogP contribution in [0.3, 0.4) is 0 Å². The van der Waals surface area contributed by atoms with Gasteiger partial charge in [-0.15, -0.1) is 0 Å². The van der Waals surface area contributed by atoms with Gasteiger partial charge in [0.25, 0.3) is 0 Å². The molecule has 3 aromatic rings. The predicted molar refractivity (Wildman–Crippen MR) is 81.6 cm³/mol. The van der Waals surface area contributed by atoms with Crippen molar-refractivity contribution in [2.45, 2.75) is 26.9 Å². The van der Waals surface area contributed by atoms with Crippen LogP contribution < -0.4 is 5.32 Å². The Morgan fingerprint density at radius 1 is 1.27 bits per heavy atom. The van der Waals surface area contributed by atoms with Crippen molar-refractivity contribution in [3.05, 3.63) is 60.1 Å². The number of carbonyl (C=O) groups is 1. The number of amides is 1. The molecule has 0 bridgehead atoms. The Bertz CT molecular complexity index is 749. The minimum absolute atomic E-state index is 0.105. The van der Waals surface area contributed by atoms with Crippen LogP contribution in [0.1, 0.15) is 17.1 Å². The Morgan fingerprint density at radius 2 is 2.05 bits per heavy atom. The Kier molecular flexibility index (Phi) is 3.82. The molecule has 3 heterocycles. The van der Waals surface area contributed by atoms with Gasteiger partial charge in [0.1, 0.15) is 12.3 Å². The van der Waals surface area contributed by atoms with E-state index in [-0.39, 0.29) is 12.5 Å². The molecule has 0 aliphatic heterocycles. The van der Waals surface area contributed by atoms with Crippen LogP contribution in [0, 0.1) is 13.8 Å². The average molecular weight is 298 g/mol. The highest BCUT2D eigenvalue weighted by atomic mass is 16.3. The molecule has 6 nitrogen and oxygen atoms in total. The maximum Gasteiger partial charge on any atom is 0.242 e. The summed E-state index contributed by atoms with van der Waals surface area (Å²) in [4.78, 5) is 11.9. The van der Waals surface area contributed by atoms with E-state index in [4.69, 9.17) is 4.42 Å². The average Bonchev–Trinajstić information content (AvgIpc) is 3.20. The number of carbonyl (C=O) groups excluding carboxylic acids is 1. The molecule has 0 atom stereocenters. The Morgan fingerprint density at radius 3 is 2.73 bits per heavy atom. The zero-order chi connectivity index (χ0) is 15.5. The Labute approximate surface area is 128 Å². The molecule has 0 aliphatic rings. The van der Waals surface area contributed by atoms with Crippen molar-refractivity contribution in [2.24, 2.45) is 0 Å². The first-order valence-electron chi connectivity index (χ1n) is 7.10. The fraction of sp³-hybridized carbons (Fsp3) is 0.250. The van der Waals surface area contributed by atoms with E-state index in [1.807, 2.05) is 26.1 Å². The smallest absolute Gasteiger partial charge is 0.242 e. The maximum atomic E-state index is 11.9. The molecular formula is C16H18N4O2. The first-order chi connectivity index (χ1) is 10.6. The fourth-order valence-corrected chi connectivity index (χ4v) is 2.43. The number of hydrogen-bond acceptors (Lipinski definition) is 3. The van der Waals surface area contributed by atoms with E-state index in [1.165, 1.54) is 0 Å². The number of aryl methyl sites for hydroxylation is 2. The molecule has 0 aromatic carbocycles. The normalized spacial score (nSPS) is 10.8. The van der Waals surface area contributed by atoms with Crippen molar-refractivity contribution < 1.29 is 9.21 Å². The van der Waals surface area contributed by atoms with Gasteiger partial charge in [0, 0.05) is 17.6 Å². The zero-order valence-corrected chi connectivity index (χ0v) is 12.6. The molecule has 0 unspecified atom stereocenters. The van der Waals surface area contributed by atoms with Crippen molar-refractivity contribution >= 4 is 5.91 Å². The minimum Gasteiger partial charge on any atom is -0.467 e. The molecular weight excluding hydrogens is 280 g/mol. The van der Waals surface area contributed by atoms with Crippen LogP contribution in [0.25, 0.3) is 5.69 Å². The van der Waals surface area contributed by atoms with Crippen LogP contribution in [-0.2, 0) is 17.9 Å². The maximum absolute atomic E-state index is 11.9. The first kappa shape index (κ1) is 14.2. The van der Waals surface area contributed by atoms with Crippen molar-refractivity contribution in [3.63, 3.8) is 0 Å². The van der Waals surface area contributed by atoms with E-state index in [2.05, 4.69) is 27.1 Å². The van der Waals surface area contributed by atoms with Crippen molar-refractivity contribution in [3.8, 4) is 5.69 Å². The summed E-state index contributed by atoms with van der Waals surface area (Å²) >= 11 is 0. The van der Waals surface area contributed by atoms with Crippen LogP contribution in [0.5, 0.6) is 0 Å².